The summed E-state index contributed by atoms with van der Waals surface area (Å²) in [5.41, 5.74) is 2.29. The van der Waals surface area contributed by atoms with Gasteiger partial charge in [0.15, 0.2) is 17.5 Å². The van der Waals surface area contributed by atoms with Crippen molar-refractivity contribution in [3.8, 4) is 45.7 Å². The number of phenols is 2. The van der Waals surface area contributed by atoms with E-state index in [1.54, 1.807) is 54.6 Å². The minimum atomic E-state index is -0.463. The minimum absolute atomic E-state index is 0.00753. The molecule has 0 bridgehead atoms. The van der Waals surface area contributed by atoms with Gasteiger partial charge in [0.2, 0.25) is 0 Å². The number of esters is 1. The van der Waals surface area contributed by atoms with Gasteiger partial charge in [-0.1, -0.05) is 36.4 Å². The van der Waals surface area contributed by atoms with Crippen molar-refractivity contribution in [2.45, 2.75) is 6.61 Å². The molecule has 0 fully saturated rings. The SMILES string of the molecule is COOCc1cccc(O)c1-c1nc(-c2ccc(C(=O)OC)cc2)nc(-c2ccccc2O)n1. The Hall–Kier alpha value is -4.34. The van der Waals surface area contributed by atoms with E-state index in [1.807, 2.05) is 0 Å². The lowest BCUT2D eigenvalue weighted by atomic mass is 10.1. The Labute approximate surface area is 195 Å². The number of carbonyl (C=O) groups excluding carboxylic acids is 1. The smallest absolute Gasteiger partial charge is 0.337 e. The van der Waals surface area contributed by atoms with Crippen LogP contribution in [0.1, 0.15) is 15.9 Å². The molecule has 3 aromatic carbocycles. The molecular formula is C25H21N3O6. The normalized spacial score (nSPS) is 10.8. The molecule has 2 N–H and O–H groups in total. The monoisotopic (exact) mass is 459 g/mol. The summed E-state index contributed by atoms with van der Waals surface area (Å²) in [6.45, 7) is 0.0427. The summed E-state index contributed by atoms with van der Waals surface area (Å²) in [7, 11) is 2.70. The Bertz CT molecular complexity index is 1320. The van der Waals surface area contributed by atoms with Crippen molar-refractivity contribution in [3.05, 3.63) is 77.9 Å². The summed E-state index contributed by atoms with van der Waals surface area (Å²) in [6, 6.07) is 18.1. The van der Waals surface area contributed by atoms with Crippen LogP contribution in [0.15, 0.2) is 66.7 Å². The van der Waals surface area contributed by atoms with Crippen molar-refractivity contribution < 1.29 is 29.5 Å². The molecule has 0 amide bonds. The number of nitrogens with zero attached hydrogens (tertiary/aromatic N) is 3. The van der Waals surface area contributed by atoms with Gasteiger partial charge in [0.05, 0.1) is 30.9 Å². The number of hydrogen-bond donors (Lipinski definition) is 2. The molecule has 4 aromatic rings. The van der Waals surface area contributed by atoms with Crippen molar-refractivity contribution >= 4 is 5.97 Å². The molecular weight excluding hydrogens is 438 g/mol. The Kier molecular flexibility index (Phi) is 6.77. The molecule has 0 aliphatic rings. The van der Waals surface area contributed by atoms with E-state index in [0.717, 1.165) is 0 Å². The van der Waals surface area contributed by atoms with Crippen LogP contribution in [0.25, 0.3) is 34.2 Å². The number of rotatable bonds is 7. The number of hydrogen-bond acceptors (Lipinski definition) is 9. The highest BCUT2D eigenvalue weighted by Crippen LogP contribution is 2.34. The maximum Gasteiger partial charge on any atom is 0.337 e. The second-order valence-corrected chi connectivity index (χ2v) is 7.13. The Morgan fingerprint density at radius 3 is 2.18 bits per heavy atom. The highest BCUT2D eigenvalue weighted by molar-refractivity contribution is 5.89. The van der Waals surface area contributed by atoms with E-state index < -0.39 is 5.97 Å². The van der Waals surface area contributed by atoms with E-state index in [-0.39, 0.29) is 35.6 Å². The topological polar surface area (TPSA) is 124 Å². The second kappa shape index (κ2) is 10.1. The number of ether oxygens (including phenoxy) is 1. The van der Waals surface area contributed by atoms with E-state index in [9.17, 15) is 15.0 Å². The molecule has 172 valence electrons. The highest BCUT2D eigenvalue weighted by atomic mass is 17.2. The number of benzene rings is 3. The van der Waals surface area contributed by atoms with Crippen LogP contribution in [0.5, 0.6) is 11.5 Å². The molecule has 0 aliphatic carbocycles. The molecule has 0 radical (unpaired) electrons. The first kappa shape index (κ1) is 22.8. The maximum atomic E-state index is 11.8. The summed E-state index contributed by atoms with van der Waals surface area (Å²) in [5.74, 6) is 0.131. The van der Waals surface area contributed by atoms with Crippen molar-refractivity contribution in [2.75, 3.05) is 14.2 Å². The van der Waals surface area contributed by atoms with Crippen LogP contribution in [0, 0.1) is 0 Å². The number of para-hydroxylation sites is 1. The number of aromatic nitrogens is 3. The predicted molar refractivity (Wildman–Crippen MR) is 123 cm³/mol. The standard InChI is InChI=1S/C25H21N3O6/c1-32-25(31)16-12-10-15(11-13-16)22-26-23(18-7-3-4-8-19(18)29)28-24(27-22)21-17(14-34-33-2)6-5-9-20(21)30/h3-13,29-30H,14H2,1-2H3. The average Bonchev–Trinajstić information content (AvgIpc) is 2.87. The molecule has 0 unspecified atom stereocenters. The fourth-order valence-corrected chi connectivity index (χ4v) is 3.36. The van der Waals surface area contributed by atoms with Crippen LogP contribution >= 0.6 is 0 Å². The molecule has 34 heavy (non-hydrogen) atoms. The number of carbonyl (C=O) groups is 1. The van der Waals surface area contributed by atoms with Gasteiger partial charge in [0.25, 0.3) is 0 Å². The summed E-state index contributed by atoms with van der Waals surface area (Å²) in [6.07, 6.45) is 0. The second-order valence-electron chi connectivity index (χ2n) is 7.13. The van der Waals surface area contributed by atoms with E-state index >= 15 is 0 Å². The van der Waals surface area contributed by atoms with E-state index in [4.69, 9.17) is 14.5 Å². The van der Waals surface area contributed by atoms with Crippen LogP contribution in [-0.2, 0) is 21.1 Å². The Balaban J connectivity index is 1.91. The predicted octanol–water partition coefficient (Wildman–Crippen LogP) is 4.15. The Morgan fingerprint density at radius 1 is 0.794 bits per heavy atom. The number of phenolic OH excluding ortho intramolecular Hbond substituents is 2. The molecule has 9 heteroatoms. The van der Waals surface area contributed by atoms with E-state index in [2.05, 4.69) is 15.0 Å². The quantitative estimate of drug-likeness (QED) is 0.238. The highest BCUT2D eigenvalue weighted by Gasteiger charge is 2.19. The number of methoxy groups -OCH3 is 1. The molecule has 4 rings (SSSR count). The fourth-order valence-electron chi connectivity index (χ4n) is 3.36. The minimum Gasteiger partial charge on any atom is -0.507 e. The zero-order valence-corrected chi connectivity index (χ0v) is 18.4. The molecule has 1 heterocycles. The van der Waals surface area contributed by atoms with E-state index in [0.29, 0.717) is 27.8 Å². The van der Waals surface area contributed by atoms with Crippen molar-refractivity contribution in [3.63, 3.8) is 0 Å². The largest absolute Gasteiger partial charge is 0.507 e. The van der Waals surface area contributed by atoms with Crippen LogP contribution < -0.4 is 0 Å². The summed E-state index contributed by atoms with van der Waals surface area (Å²) < 4.78 is 4.75. The van der Waals surface area contributed by atoms with E-state index in [1.165, 1.54) is 26.4 Å². The molecule has 0 aliphatic heterocycles. The first-order valence-corrected chi connectivity index (χ1v) is 10.2. The summed E-state index contributed by atoms with van der Waals surface area (Å²) in [5, 5.41) is 21.0. The van der Waals surface area contributed by atoms with Gasteiger partial charge in [-0.3, -0.25) is 0 Å². The van der Waals surface area contributed by atoms with Gasteiger partial charge in [-0.05, 0) is 35.9 Å². The van der Waals surface area contributed by atoms with Crippen molar-refractivity contribution in [1.29, 1.82) is 0 Å². The van der Waals surface area contributed by atoms with Crippen molar-refractivity contribution in [2.24, 2.45) is 0 Å². The zero-order valence-electron chi connectivity index (χ0n) is 18.4. The van der Waals surface area contributed by atoms with Gasteiger partial charge < -0.3 is 14.9 Å². The van der Waals surface area contributed by atoms with Gasteiger partial charge in [-0.25, -0.2) is 29.5 Å². The summed E-state index contributed by atoms with van der Waals surface area (Å²) in [4.78, 5) is 35.2. The fraction of sp³-hybridized carbons (Fsp3) is 0.120. The first-order valence-electron chi connectivity index (χ1n) is 10.2. The van der Waals surface area contributed by atoms with Crippen molar-refractivity contribution in [1.82, 2.24) is 15.0 Å². The van der Waals surface area contributed by atoms with Crippen LogP contribution in [0.2, 0.25) is 0 Å². The van der Waals surface area contributed by atoms with Gasteiger partial charge in [-0.15, -0.1) is 0 Å². The van der Waals surface area contributed by atoms with Gasteiger partial charge in [-0.2, -0.15) is 0 Å². The summed E-state index contributed by atoms with van der Waals surface area (Å²) >= 11 is 0. The number of aromatic hydroxyl groups is 2. The Morgan fingerprint density at radius 2 is 1.47 bits per heavy atom. The molecule has 0 saturated carbocycles. The van der Waals surface area contributed by atoms with Crippen LogP contribution in [0.3, 0.4) is 0 Å². The average molecular weight is 459 g/mol. The molecule has 0 saturated heterocycles. The van der Waals surface area contributed by atoms with Gasteiger partial charge in [0.1, 0.15) is 18.1 Å². The maximum absolute atomic E-state index is 11.8. The molecule has 1 aromatic heterocycles. The third kappa shape index (κ3) is 4.70. The molecule has 9 nitrogen and oxygen atoms in total. The lowest BCUT2D eigenvalue weighted by molar-refractivity contribution is -0.282. The van der Waals surface area contributed by atoms with Gasteiger partial charge in [0, 0.05) is 5.56 Å². The lowest BCUT2D eigenvalue weighted by Gasteiger charge is -2.13. The molecule has 0 spiro atoms. The first-order chi connectivity index (χ1) is 16.5. The van der Waals surface area contributed by atoms with Gasteiger partial charge >= 0.3 is 5.97 Å². The zero-order chi connectivity index (χ0) is 24.1. The third-order valence-electron chi connectivity index (χ3n) is 5.03. The molecule has 0 atom stereocenters. The third-order valence-corrected chi connectivity index (χ3v) is 5.03. The van der Waals surface area contributed by atoms with Crippen LogP contribution in [0.4, 0.5) is 0 Å². The lowest BCUT2D eigenvalue weighted by Crippen LogP contribution is -2.04. The van der Waals surface area contributed by atoms with Crippen LogP contribution in [-0.4, -0.2) is 45.4 Å².